The summed E-state index contributed by atoms with van der Waals surface area (Å²) in [6, 6.07) is 0. The summed E-state index contributed by atoms with van der Waals surface area (Å²) in [7, 11) is 0. The maximum Gasteiger partial charge on any atom is 0.251 e. The molecule has 0 aliphatic heterocycles. The molecule has 0 aromatic rings. The molecule has 0 aromatic heterocycles. The van der Waals surface area contributed by atoms with Gasteiger partial charge in [-0.3, -0.25) is 0 Å². The molecular formula is C9H16F2. The molecule has 11 heavy (non-hydrogen) atoms. The number of rotatable bonds is 0. The first-order chi connectivity index (χ1) is 4.84. The van der Waals surface area contributed by atoms with Crippen LogP contribution >= 0.6 is 0 Å². The number of halogens is 2. The van der Waals surface area contributed by atoms with Gasteiger partial charge in [0.05, 0.1) is 0 Å². The maximum absolute atomic E-state index is 13.1. The van der Waals surface area contributed by atoms with Crippen LogP contribution in [-0.4, -0.2) is 5.92 Å². The first kappa shape index (κ1) is 8.95. The second kappa shape index (κ2) is 2.43. The topological polar surface area (TPSA) is 0 Å². The minimum atomic E-state index is -2.40. The van der Waals surface area contributed by atoms with Gasteiger partial charge >= 0.3 is 0 Å². The van der Waals surface area contributed by atoms with Crippen molar-refractivity contribution in [1.82, 2.24) is 0 Å². The van der Waals surface area contributed by atoms with Crippen LogP contribution in [0.25, 0.3) is 0 Å². The highest BCUT2D eigenvalue weighted by Crippen LogP contribution is 2.49. The van der Waals surface area contributed by atoms with Gasteiger partial charge in [0, 0.05) is 12.3 Å². The van der Waals surface area contributed by atoms with E-state index in [0.29, 0.717) is 12.8 Å². The van der Waals surface area contributed by atoms with Crippen LogP contribution in [0.4, 0.5) is 8.78 Å². The third-order valence-electron chi connectivity index (χ3n) is 2.56. The first-order valence-corrected chi connectivity index (χ1v) is 4.22. The van der Waals surface area contributed by atoms with Crippen LogP contribution < -0.4 is 0 Å². The van der Waals surface area contributed by atoms with Crippen LogP contribution in [0.2, 0.25) is 0 Å². The molecule has 0 spiro atoms. The van der Waals surface area contributed by atoms with Crippen LogP contribution in [0, 0.1) is 11.3 Å². The van der Waals surface area contributed by atoms with E-state index in [4.69, 9.17) is 0 Å². The van der Waals surface area contributed by atoms with Gasteiger partial charge in [0.1, 0.15) is 0 Å². The molecule has 0 radical (unpaired) electrons. The quantitative estimate of drug-likeness (QED) is 0.511. The number of hydrogen-bond acceptors (Lipinski definition) is 0. The fourth-order valence-electron chi connectivity index (χ4n) is 1.99. The van der Waals surface area contributed by atoms with Gasteiger partial charge < -0.3 is 0 Å². The smallest absolute Gasteiger partial charge is 0.207 e. The second-order valence-electron chi connectivity index (χ2n) is 4.57. The number of alkyl halides is 2. The molecule has 1 fully saturated rings. The van der Waals surface area contributed by atoms with E-state index in [-0.39, 0.29) is 11.8 Å². The molecule has 1 aliphatic carbocycles. The zero-order chi connectivity index (χ0) is 8.70. The van der Waals surface area contributed by atoms with E-state index in [1.165, 1.54) is 0 Å². The molecule has 1 unspecified atom stereocenters. The lowest BCUT2D eigenvalue weighted by Gasteiger charge is -2.31. The summed E-state index contributed by atoms with van der Waals surface area (Å²) >= 11 is 0. The Hall–Kier alpha value is -0.140. The van der Waals surface area contributed by atoms with Crippen LogP contribution in [0.1, 0.15) is 40.0 Å². The summed E-state index contributed by atoms with van der Waals surface area (Å²) in [6.45, 7) is 5.70. The van der Waals surface area contributed by atoms with E-state index in [1.807, 2.05) is 20.8 Å². The van der Waals surface area contributed by atoms with Crippen molar-refractivity contribution in [1.29, 1.82) is 0 Å². The second-order valence-corrected chi connectivity index (χ2v) is 4.57. The highest BCUT2D eigenvalue weighted by Gasteiger charge is 2.49. The molecule has 0 aromatic carbocycles. The minimum Gasteiger partial charge on any atom is -0.207 e. The molecule has 0 amide bonds. The van der Waals surface area contributed by atoms with E-state index in [0.717, 1.165) is 0 Å². The predicted molar refractivity (Wildman–Crippen MR) is 41.7 cm³/mol. The summed E-state index contributed by atoms with van der Waals surface area (Å²) in [5.41, 5.74) is -0.236. The van der Waals surface area contributed by atoms with Crippen molar-refractivity contribution in [2.24, 2.45) is 11.3 Å². The van der Waals surface area contributed by atoms with Gasteiger partial charge in [-0.05, 0) is 18.3 Å². The molecule has 1 aliphatic rings. The monoisotopic (exact) mass is 162 g/mol. The van der Waals surface area contributed by atoms with Crippen molar-refractivity contribution in [2.75, 3.05) is 0 Å². The van der Waals surface area contributed by atoms with E-state index in [9.17, 15) is 8.78 Å². The molecule has 66 valence electrons. The van der Waals surface area contributed by atoms with Crippen molar-refractivity contribution in [2.45, 2.75) is 46.0 Å². The third kappa shape index (κ3) is 1.71. The van der Waals surface area contributed by atoms with Gasteiger partial charge in [-0.2, -0.15) is 0 Å². The zero-order valence-corrected chi connectivity index (χ0v) is 7.45. The molecule has 0 N–H and O–H groups in total. The van der Waals surface area contributed by atoms with Gasteiger partial charge in [0.2, 0.25) is 0 Å². The Kier molecular flexibility index (Phi) is 1.97. The first-order valence-electron chi connectivity index (χ1n) is 4.22. The highest BCUT2D eigenvalue weighted by atomic mass is 19.3. The van der Waals surface area contributed by atoms with Crippen LogP contribution in [0.5, 0.6) is 0 Å². The molecule has 1 saturated carbocycles. The molecular weight excluding hydrogens is 146 g/mol. The SMILES string of the molecule is CC(C)(C)C1CCCC1(F)F. The minimum absolute atomic E-state index is 0.0922. The molecule has 1 atom stereocenters. The van der Waals surface area contributed by atoms with Gasteiger partial charge in [0.15, 0.2) is 0 Å². The normalized spacial score (nSPS) is 30.8. The predicted octanol–water partition coefficient (Wildman–Crippen LogP) is 3.47. The average Bonchev–Trinajstić information content (AvgIpc) is 2.06. The Morgan fingerprint density at radius 2 is 1.82 bits per heavy atom. The summed E-state index contributed by atoms with van der Waals surface area (Å²) in [4.78, 5) is 0. The standard InChI is InChI=1S/C9H16F2/c1-8(2,3)7-5-4-6-9(7,10)11/h7H,4-6H2,1-3H3. The van der Waals surface area contributed by atoms with E-state index >= 15 is 0 Å². The Bertz CT molecular complexity index is 144. The molecule has 0 bridgehead atoms. The van der Waals surface area contributed by atoms with Crippen LogP contribution in [0.3, 0.4) is 0 Å². The molecule has 2 heteroatoms. The van der Waals surface area contributed by atoms with Gasteiger partial charge in [0.25, 0.3) is 5.92 Å². The summed E-state index contributed by atoms with van der Waals surface area (Å²) in [6.07, 6.45) is 1.47. The van der Waals surface area contributed by atoms with Crippen LogP contribution in [0.15, 0.2) is 0 Å². The summed E-state index contributed by atoms with van der Waals surface area (Å²) in [5.74, 6) is -2.81. The van der Waals surface area contributed by atoms with Crippen LogP contribution in [-0.2, 0) is 0 Å². The van der Waals surface area contributed by atoms with E-state index in [2.05, 4.69) is 0 Å². The molecule has 0 nitrogen and oxygen atoms in total. The van der Waals surface area contributed by atoms with Gasteiger partial charge in [-0.15, -0.1) is 0 Å². The maximum atomic E-state index is 13.1. The highest BCUT2D eigenvalue weighted by molar-refractivity contribution is 4.90. The summed E-state index contributed by atoms with van der Waals surface area (Å²) in [5, 5.41) is 0. The lowest BCUT2D eigenvalue weighted by molar-refractivity contribution is -0.0749. The van der Waals surface area contributed by atoms with E-state index < -0.39 is 11.8 Å². The van der Waals surface area contributed by atoms with E-state index in [1.54, 1.807) is 0 Å². The largest absolute Gasteiger partial charge is 0.251 e. The Morgan fingerprint density at radius 3 is 2.00 bits per heavy atom. The van der Waals surface area contributed by atoms with Crippen molar-refractivity contribution in [3.63, 3.8) is 0 Å². The fraction of sp³-hybridized carbons (Fsp3) is 1.00. The van der Waals surface area contributed by atoms with Gasteiger partial charge in [-0.25, -0.2) is 8.78 Å². The van der Waals surface area contributed by atoms with Crippen molar-refractivity contribution >= 4 is 0 Å². The van der Waals surface area contributed by atoms with Crippen molar-refractivity contribution < 1.29 is 8.78 Å². The fourth-order valence-corrected chi connectivity index (χ4v) is 1.99. The molecule has 0 heterocycles. The molecule has 0 saturated heterocycles. The Labute approximate surface area is 67.0 Å². The lowest BCUT2D eigenvalue weighted by Crippen LogP contribution is -2.32. The van der Waals surface area contributed by atoms with Crippen molar-refractivity contribution in [3.05, 3.63) is 0 Å². The Morgan fingerprint density at radius 1 is 1.27 bits per heavy atom. The zero-order valence-electron chi connectivity index (χ0n) is 7.45. The van der Waals surface area contributed by atoms with Gasteiger partial charge in [-0.1, -0.05) is 20.8 Å². The lowest BCUT2D eigenvalue weighted by atomic mass is 9.78. The van der Waals surface area contributed by atoms with Crippen molar-refractivity contribution in [3.8, 4) is 0 Å². The Balaban J connectivity index is 2.73. The number of hydrogen-bond donors (Lipinski definition) is 0. The summed E-state index contributed by atoms with van der Waals surface area (Å²) < 4.78 is 26.2. The third-order valence-corrected chi connectivity index (χ3v) is 2.56. The molecule has 1 rings (SSSR count). The average molecular weight is 162 g/mol.